The van der Waals surface area contributed by atoms with Gasteiger partial charge in [0, 0.05) is 24.7 Å². The Hall–Kier alpha value is -0.540. The van der Waals surface area contributed by atoms with Gasteiger partial charge in [0.2, 0.25) is 0 Å². The molecule has 4 heteroatoms. The summed E-state index contributed by atoms with van der Waals surface area (Å²) in [4.78, 5) is 2.54. The standard InChI is InChI=1S/C16H26ClN3/c17-12-16-8-2-1-5-10-19(16)13-14-9-11-20(18-14)15-6-3-4-7-15/h9,11,15-16H,1-8,10,12-13H2. The van der Waals surface area contributed by atoms with Crippen molar-refractivity contribution in [3.63, 3.8) is 0 Å². The minimum absolute atomic E-state index is 0.538. The number of hydrogen-bond donors (Lipinski definition) is 0. The normalized spacial score (nSPS) is 25.9. The molecule has 112 valence electrons. The van der Waals surface area contributed by atoms with Crippen LogP contribution in [0.3, 0.4) is 0 Å². The van der Waals surface area contributed by atoms with Crippen LogP contribution in [0.2, 0.25) is 0 Å². The second-order valence-corrected chi connectivity index (χ2v) is 6.66. The van der Waals surface area contributed by atoms with Crippen LogP contribution in [-0.4, -0.2) is 33.1 Å². The van der Waals surface area contributed by atoms with Gasteiger partial charge in [-0.1, -0.05) is 25.7 Å². The van der Waals surface area contributed by atoms with Crippen LogP contribution in [0.25, 0.3) is 0 Å². The van der Waals surface area contributed by atoms with E-state index in [1.165, 1.54) is 63.6 Å². The third-order valence-corrected chi connectivity index (χ3v) is 5.26. The number of rotatable bonds is 4. The van der Waals surface area contributed by atoms with Gasteiger partial charge >= 0.3 is 0 Å². The Morgan fingerprint density at radius 3 is 2.70 bits per heavy atom. The Bertz CT molecular complexity index is 412. The molecule has 0 amide bonds. The minimum atomic E-state index is 0.538. The molecule has 1 saturated carbocycles. The summed E-state index contributed by atoms with van der Waals surface area (Å²) in [6, 6.07) is 3.39. The quantitative estimate of drug-likeness (QED) is 0.783. The second kappa shape index (κ2) is 6.95. The fourth-order valence-corrected chi connectivity index (χ4v) is 4.01. The Balaban J connectivity index is 1.63. The highest BCUT2D eigenvalue weighted by molar-refractivity contribution is 6.18. The average molecular weight is 296 g/mol. The first kappa shape index (κ1) is 14.4. The van der Waals surface area contributed by atoms with Gasteiger partial charge in [-0.05, 0) is 38.3 Å². The SMILES string of the molecule is ClCC1CCCCCN1Cc1ccn(C2CCCC2)n1. The fourth-order valence-electron chi connectivity index (χ4n) is 3.66. The number of halogens is 1. The molecule has 1 aromatic rings. The molecule has 0 aromatic carbocycles. The number of nitrogens with zero attached hydrogens (tertiary/aromatic N) is 3. The van der Waals surface area contributed by atoms with Crippen molar-refractivity contribution >= 4 is 11.6 Å². The smallest absolute Gasteiger partial charge is 0.0765 e. The van der Waals surface area contributed by atoms with Crippen LogP contribution in [0.4, 0.5) is 0 Å². The van der Waals surface area contributed by atoms with Crippen molar-refractivity contribution in [2.24, 2.45) is 0 Å². The first-order chi connectivity index (χ1) is 9.86. The topological polar surface area (TPSA) is 21.1 Å². The van der Waals surface area contributed by atoms with Crippen molar-refractivity contribution in [2.45, 2.75) is 70.0 Å². The summed E-state index contributed by atoms with van der Waals surface area (Å²) < 4.78 is 2.20. The molecule has 2 aliphatic rings. The maximum Gasteiger partial charge on any atom is 0.0765 e. The second-order valence-electron chi connectivity index (χ2n) is 6.35. The molecule has 3 nitrogen and oxygen atoms in total. The van der Waals surface area contributed by atoms with E-state index in [1.807, 2.05) is 0 Å². The number of aromatic nitrogens is 2. The van der Waals surface area contributed by atoms with Gasteiger partial charge in [-0.3, -0.25) is 9.58 Å². The summed E-state index contributed by atoms with van der Waals surface area (Å²) in [5.41, 5.74) is 1.22. The predicted molar refractivity (Wildman–Crippen MR) is 83.1 cm³/mol. The highest BCUT2D eigenvalue weighted by Gasteiger charge is 2.22. The molecule has 0 radical (unpaired) electrons. The molecule has 1 aliphatic carbocycles. The average Bonchev–Trinajstić information content (AvgIpc) is 3.08. The van der Waals surface area contributed by atoms with E-state index in [0.717, 1.165) is 12.4 Å². The first-order valence-corrected chi connectivity index (χ1v) is 8.74. The van der Waals surface area contributed by atoms with E-state index in [9.17, 15) is 0 Å². The molecule has 2 fully saturated rings. The molecule has 1 saturated heterocycles. The van der Waals surface area contributed by atoms with Crippen LogP contribution in [0.5, 0.6) is 0 Å². The van der Waals surface area contributed by atoms with E-state index in [2.05, 4.69) is 21.8 Å². The molecule has 0 spiro atoms. The molecular weight excluding hydrogens is 270 g/mol. The predicted octanol–water partition coefficient (Wildman–Crippen LogP) is 3.98. The van der Waals surface area contributed by atoms with E-state index < -0.39 is 0 Å². The molecule has 3 rings (SSSR count). The Kier molecular flexibility index (Phi) is 5.00. The van der Waals surface area contributed by atoms with Crippen molar-refractivity contribution in [3.05, 3.63) is 18.0 Å². The lowest BCUT2D eigenvalue weighted by atomic mass is 10.1. The molecule has 2 heterocycles. The van der Waals surface area contributed by atoms with Gasteiger partial charge < -0.3 is 0 Å². The monoisotopic (exact) mass is 295 g/mol. The Morgan fingerprint density at radius 2 is 1.90 bits per heavy atom. The molecule has 20 heavy (non-hydrogen) atoms. The maximum absolute atomic E-state index is 6.16. The van der Waals surface area contributed by atoms with Gasteiger partial charge in [0.1, 0.15) is 0 Å². The van der Waals surface area contributed by atoms with E-state index in [-0.39, 0.29) is 0 Å². The lowest BCUT2D eigenvalue weighted by Crippen LogP contribution is -2.35. The summed E-state index contributed by atoms with van der Waals surface area (Å²) in [5.74, 6) is 0.753. The van der Waals surface area contributed by atoms with Crippen LogP contribution in [0.1, 0.15) is 63.1 Å². The van der Waals surface area contributed by atoms with Crippen molar-refractivity contribution < 1.29 is 0 Å². The third-order valence-electron chi connectivity index (χ3n) is 4.90. The van der Waals surface area contributed by atoms with Gasteiger partial charge in [-0.25, -0.2) is 0 Å². The van der Waals surface area contributed by atoms with Gasteiger partial charge in [0.05, 0.1) is 11.7 Å². The maximum atomic E-state index is 6.16. The third kappa shape index (κ3) is 3.37. The van der Waals surface area contributed by atoms with Crippen LogP contribution in [-0.2, 0) is 6.54 Å². The van der Waals surface area contributed by atoms with Gasteiger partial charge in [-0.15, -0.1) is 11.6 Å². The Labute approximate surface area is 127 Å². The summed E-state index contributed by atoms with van der Waals surface area (Å²) in [7, 11) is 0. The molecule has 1 aromatic heterocycles. The molecule has 1 aliphatic heterocycles. The molecule has 1 unspecified atom stereocenters. The van der Waals surface area contributed by atoms with Crippen LogP contribution < -0.4 is 0 Å². The van der Waals surface area contributed by atoms with Crippen LogP contribution in [0, 0.1) is 0 Å². The summed E-state index contributed by atoms with van der Waals surface area (Å²) >= 11 is 6.16. The van der Waals surface area contributed by atoms with Crippen molar-refractivity contribution in [3.8, 4) is 0 Å². The summed E-state index contributed by atoms with van der Waals surface area (Å²) in [6.45, 7) is 2.14. The molecule has 0 N–H and O–H groups in total. The van der Waals surface area contributed by atoms with Crippen LogP contribution >= 0.6 is 11.6 Å². The van der Waals surface area contributed by atoms with Gasteiger partial charge in [-0.2, -0.15) is 5.10 Å². The summed E-state index contributed by atoms with van der Waals surface area (Å²) in [6.07, 6.45) is 12.7. The van der Waals surface area contributed by atoms with E-state index in [0.29, 0.717) is 12.1 Å². The molecular formula is C16H26ClN3. The van der Waals surface area contributed by atoms with E-state index in [4.69, 9.17) is 16.7 Å². The van der Waals surface area contributed by atoms with E-state index in [1.54, 1.807) is 0 Å². The zero-order valence-corrected chi connectivity index (χ0v) is 13.1. The van der Waals surface area contributed by atoms with Crippen molar-refractivity contribution in [2.75, 3.05) is 12.4 Å². The Morgan fingerprint density at radius 1 is 1.10 bits per heavy atom. The highest BCUT2D eigenvalue weighted by atomic mass is 35.5. The first-order valence-electron chi connectivity index (χ1n) is 8.21. The number of likely N-dealkylation sites (tertiary alicyclic amines) is 1. The largest absolute Gasteiger partial charge is 0.293 e. The zero-order valence-electron chi connectivity index (χ0n) is 12.3. The highest BCUT2D eigenvalue weighted by Crippen LogP contribution is 2.29. The molecule has 1 atom stereocenters. The van der Waals surface area contributed by atoms with Crippen molar-refractivity contribution in [1.82, 2.24) is 14.7 Å². The zero-order chi connectivity index (χ0) is 13.8. The van der Waals surface area contributed by atoms with Crippen LogP contribution in [0.15, 0.2) is 12.3 Å². The summed E-state index contributed by atoms with van der Waals surface area (Å²) in [5, 5.41) is 4.82. The minimum Gasteiger partial charge on any atom is -0.293 e. The number of alkyl halides is 1. The van der Waals surface area contributed by atoms with Gasteiger partial charge in [0.15, 0.2) is 0 Å². The van der Waals surface area contributed by atoms with E-state index >= 15 is 0 Å². The number of hydrogen-bond acceptors (Lipinski definition) is 2. The van der Waals surface area contributed by atoms with Crippen molar-refractivity contribution in [1.29, 1.82) is 0 Å². The van der Waals surface area contributed by atoms with Gasteiger partial charge in [0.25, 0.3) is 0 Å². The lowest BCUT2D eigenvalue weighted by molar-refractivity contribution is 0.204. The lowest BCUT2D eigenvalue weighted by Gasteiger charge is -2.27. The molecule has 0 bridgehead atoms. The fraction of sp³-hybridized carbons (Fsp3) is 0.812.